The Morgan fingerprint density at radius 2 is 2.12 bits per heavy atom. The van der Waals surface area contributed by atoms with Crippen molar-refractivity contribution in [1.29, 1.82) is 0 Å². The van der Waals surface area contributed by atoms with Crippen LogP contribution < -0.4 is 10.1 Å². The molecular weight excluding hydrogens is 322 g/mol. The Bertz CT molecular complexity index is 954. The predicted octanol–water partition coefficient (Wildman–Crippen LogP) is 2.29. The molecule has 126 valence electrons. The maximum Gasteiger partial charge on any atom is 0.359 e. The minimum Gasteiger partial charge on any atom is -0.480 e. The van der Waals surface area contributed by atoms with Crippen molar-refractivity contribution in [3.8, 4) is 5.75 Å². The zero-order chi connectivity index (χ0) is 17.4. The lowest BCUT2D eigenvalue weighted by Gasteiger charge is -2.11. The number of aromatic amines is 1. The van der Waals surface area contributed by atoms with Crippen molar-refractivity contribution in [2.75, 3.05) is 12.4 Å². The fraction of sp³-hybridized carbons (Fsp3) is 0.167. The fourth-order valence-corrected chi connectivity index (χ4v) is 2.90. The lowest BCUT2D eigenvalue weighted by molar-refractivity contribution is -0.122. The largest absolute Gasteiger partial charge is 0.480 e. The van der Waals surface area contributed by atoms with E-state index in [1.54, 1.807) is 18.2 Å². The molecule has 0 saturated heterocycles. The number of esters is 1. The summed E-state index contributed by atoms with van der Waals surface area (Å²) >= 11 is 0. The number of rotatable bonds is 3. The predicted molar refractivity (Wildman–Crippen MR) is 90.6 cm³/mol. The number of para-hydroxylation sites is 1. The number of fused-ring (bicyclic) bond motifs is 2. The van der Waals surface area contributed by atoms with Gasteiger partial charge in [-0.1, -0.05) is 18.2 Å². The molecule has 1 amide bonds. The minimum atomic E-state index is -0.572. The average Bonchev–Trinajstić information content (AvgIpc) is 3.24. The van der Waals surface area contributed by atoms with Crippen LogP contribution in [0.5, 0.6) is 5.75 Å². The van der Waals surface area contributed by atoms with Gasteiger partial charge < -0.3 is 14.8 Å². The van der Waals surface area contributed by atoms with Crippen molar-refractivity contribution >= 4 is 28.5 Å². The lowest BCUT2D eigenvalue weighted by Crippen LogP contribution is -2.31. The van der Waals surface area contributed by atoms with Crippen LogP contribution in [0.15, 0.2) is 42.5 Å². The summed E-state index contributed by atoms with van der Waals surface area (Å²) < 4.78 is 10.4. The average molecular weight is 337 g/mol. The first-order valence-electron chi connectivity index (χ1n) is 7.77. The summed E-state index contributed by atoms with van der Waals surface area (Å²) in [4.78, 5) is 24.2. The first-order chi connectivity index (χ1) is 12.2. The SMILES string of the molecule is COC(=O)c1n[nH]c2ccc(NC(=O)[C@@H]3Cc4ccccc4O3)cc12. The Morgan fingerprint density at radius 3 is 2.92 bits per heavy atom. The fourth-order valence-electron chi connectivity index (χ4n) is 2.90. The molecule has 0 radical (unpaired) electrons. The Hall–Kier alpha value is -3.35. The summed E-state index contributed by atoms with van der Waals surface area (Å²) in [7, 11) is 1.30. The number of anilines is 1. The number of hydrogen-bond donors (Lipinski definition) is 2. The van der Waals surface area contributed by atoms with Gasteiger partial charge in [0.05, 0.1) is 12.6 Å². The second-order valence-corrected chi connectivity index (χ2v) is 5.73. The highest BCUT2D eigenvalue weighted by molar-refractivity contribution is 6.04. The second-order valence-electron chi connectivity index (χ2n) is 5.73. The number of hydrogen-bond acceptors (Lipinski definition) is 5. The standard InChI is InChI=1S/C18H15N3O4/c1-24-18(23)16-12-9-11(6-7-13(12)20-21-16)19-17(22)15-8-10-4-2-3-5-14(10)25-15/h2-7,9,15H,8H2,1H3,(H,19,22)(H,20,21)/t15-/m0/s1. The van der Waals surface area contributed by atoms with Crippen LogP contribution in [0.25, 0.3) is 10.9 Å². The van der Waals surface area contributed by atoms with Crippen molar-refractivity contribution in [3.05, 3.63) is 53.7 Å². The molecule has 1 aliphatic heterocycles. The number of benzene rings is 2. The molecule has 7 nitrogen and oxygen atoms in total. The molecule has 0 bridgehead atoms. The third-order valence-corrected chi connectivity index (χ3v) is 4.15. The van der Waals surface area contributed by atoms with Crippen molar-refractivity contribution in [3.63, 3.8) is 0 Å². The van der Waals surface area contributed by atoms with Gasteiger partial charge in [0, 0.05) is 17.5 Å². The molecule has 2 heterocycles. The van der Waals surface area contributed by atoms with Crippen LogP contribution in [0.1, 0.15) is 16.1 Å². The van der Waals surface area contributed by atoms with Crippen molar-refractivity contribution in [2.45, 2.75) is 12.5 Å². The Balaban J connectivity index is 1.55. The van der Waals surface area contributed by atoms with E-state index >= 15 is 0 Å². The summed E-state index contributed by atoms with van der Waals surface area (Å²) in [6, 6.07) is 12.8. The molecule has 0 saturated carbocycles. The normalized spacial score (nSPS) is 15.5. The van der Waals surface area contributed by atoms with E-state index in [1.165, 1.54) is 7.11 Å². The number of nitrogens with zero attached hydrogens (tertiary/aromatic N) is 1. The molecule has 0 fully saturated rings. The zero-order valence-corrected chi connectivity index (χ0v) is 13.4. The van der Waals surface area contributed by atoms with Crippen molar-refractivity contribution in [1.82, 2.24) is 10.2 Å². The Labute approximate surface area is 142 Å². The quantitative estimate of drug-likeness (QED) is 0.715. The summed E-state index contributed by atoms with van der Waals surface area (Å²) in [5.41, 5.74) is 2.44. The number of H-pyrrole nitrogens is 1. The zero-order valence-electron chi connectivity index (χ0n) is 13.4. The molecule has 3 aromatic rings. The molecule has 4 rings (SSSR count). The van der Waals surface area contributed by atoms with Crippen LogP contribution in [0.2, 0.25) is 0 Å². The minimum absolute atomic E-state index is 0.179. The first kappa shape index (κ1) is 15.2. The number of nitrogens with one attached hydrogen (secondary N) is 2. The molecule has 1 atom stereocenters. The molecule has 0 aliphatic carbocycles. The van der Waals surface area contributed by atoms with Crippen LogP contribution in [0, 0.1) is 0 Å². The van der Waals surface area contributed by atoms with E-state index in [1.807, 2.05) is 24.3 Å². The van der Waals surface area contributed by atoms with Crippen LogP contribution in [-0.4, -0.2) is 35.3 Å². The maximum absolute atomic E-state index is 12.5. The Morgan fingerprint density at radius 1 is 1.28 bits per heavy atom. The molecule has 0 spiro atoms. The Kier molecular flexibility index (Phi) is 3.61. The summed E-state index contributed by atoms with van der Waals surface area (Å²) in [5.74, 6) is -0.0381. The summed E-state index contributed by atoms with van der Waals surface area (Å²) in [5, 5.41) is 10.1. The smallest absolute Gasteiger partial charge is 0.359 e. The van der Waals surface area contributed by atoms with Gasteiger partial charge in [-0.15, -0.1) is 0 Å². The number of methoxy groups -OCH3 is 1. The van der Waals surface area contributed by atoms with E-state index in [-0.39, 0.29) is 11.6 Å². The van der Waals surface area contributed by atoms with Gasteiger partial charge in [0.2, 0.25) is 0 Å². The monoisotopic (exact) mass is 337 g/mol. The van der Waals surface area contributed by atoms with Crippen molar-refractivity contribution in [2.24, 2.45) is 0 Å². The van der Waals surface area contributed by atoms with Gasteiger partial charge in [-0.3, -0.25) is 9.89 Å². The molecule has 25 heavy (non-hydrogen) atoms. The summed E-state index contributed by atoms with van der Waals surface area (Å²) in [6.07, 6.45) is -0.0406. The number of carbonyl (C=O) groups excluding carboxylic acids is 2. The number of aromatic nitrogens is 2. The maximum atomic E-state index is 12.5. The van der Waals surface area contributed by atoms with Crippen molar-refractivity contribution < 1.29 is 19.1 Å². The van der Waals surface area contributed by atoms with E-state index in [4.69, 9.17) is 9.47 Å². The number of carbonyl (C=O) groups is 2. The molecule has 2 aromatic carbocycles. The molecule has 0 unspecified atom stereocenters. The molecule has 1 aromatic heterocycles. The van der Waals surface area contributed by atoms with Gasteiger partial charge in [-0.25, -0.2) is 4.79 Å². The van der Waals surface area contributed by atoms with E-state index in [9.17, 15) is 9.59 Å². The highest BCUT2D eigenvalue weighted by atomic mass is 16.5. The number of ether oxygens (including phenoxy) is 2. The molecule has 1 aliphatic rings. The molecular formula is C18H15N3O4. The van der Waals surface area contributed by atoms with Crippen LogP contribution in [0.3, 0.4) is 0 Å². The second kappa shape index (κ2) is 5.94. The van der Waals surface area contributed by atoms with Crippen LogP contribution in [0.4, 0.5) is 5.69 Å². The van der Waals surface area contributed by atoms with E-state index in [0.29, 0.717) is 23.0 Å². The topological polar surface area (TPSA) is 93.3 Å². The molecule has 7 heteroatoms. The van der Waals surface area contributed by atoms with E-state index < -0.39 is 12.1 Å². The van der Waals surface area contributed by atoms with Gasteiger partial charge >= 0.3 is 5.97 Å². The first-order valence-corrected chi connectivity index (χ1v) is 7.77. The van der Waals surface area contributed by atoms with Crippen LogP contribution in [-0.2, 0) is 16.0 Å². The third kappa shape index (κ3) is 2.69. The lowest BCUT2D eigenvalue weighted by atomic mass is 10.1. The van der Waals surface area contributed by atoms with Gasteiger partial charge in [0.25, 0.3) is 5.91 Å². The molecule has 2 N–H and O–H groups in total. The van der Waals surface area contributed by atoms with E-state index in [0.717, 1.165) is 11.3 Å². The highest BCUT2D eigenvalue weighted by Crippen LogP contribution is 2.29. The van der Waals surface area contributed by atoms with Gasteiger partial charge in [0.1, 0.15) is 5.75 Å². The highest BCUT2D eigenvalue weighted by Gasteiger charge is 2.29. The van der Waals surface area contributed by atoms with Gasteiger partial charge in [-0.2, -0.15) is 5.10 Å². The van der Waals surface area contributed by atoms with Crippen LogP contribution >= 0.6 is 0 Å². The third-order valence-electron chi connectivity index (χ3n) is 4.15. The summed E-state index contributed by atoms with van der Waals surface area (Å²) in [6.45, 7) is 0. The van der Waals surface area contributed by atoms with Gasteiger partial charge in [-0.05, 0) is 29.8 Å². The van der Waals surface area contributed by atoms with E-state index in [2.05, 4.69) is 15.5 Å². The number of amides is 1. The van der Waals surface area contributed by atoms with Gasteiger partial charge in [0.15, 0.2) is 11.8 Å².